The zero-order valence-corrected chi connectivity index (χ0v) is 12.3. The van der Waals surface area contributed by atoms with Crippen LogP contribution in [0.1, 0.15) is 12.0 Å². The maximum absolute atomic E-state index is 11.9. The Morgan fingerprint density at radius 1 is 1.35 bits per heavy atom. The topological polar surface area (TPSA) is 56.6 Å². The molecular weight excluding hydrogens is 254 g/mol. The van der Waals surface area contributed by atoms with Crippen molar-refractivity contribution in [2.75, 3.05) is 34.3 Å². The molecule has 20 heavy (non-hydrogen) atoms. The molecule has 1 rings (SSSR count). The van der Waals surface area contributed by atoms with E-state index in [-0.39, 0.29) is 5.91 Å². The van der Waals surface area contributed by atoms with Crippen LogP contribution in [0, 0.1) is 11.3 Å². The Balaban J connectivity index is 2.53. The fourth-order valence-electron chi connectivity index (χ4n) is 1.87. The van der Waals surface area contributed by atoms with Gasteiger partial charge in [-0.3, -0.25) is 9.69 Å². The van der Waals surface area contributed by atoms with Crippen molar-refractivity contribution in [3.8, 4) is 11.8 Å². The van der Waals surface area contributed by atoms with Gasteiger partial charge in [0.05, 0.1) is 26.1 Å². The van der Waals surface area contributed by atoms with Crippen LogP contribution in [0.25, 0.3) is 0 Å². The fraction of sp³-hybridized carbons (Fsp3) is 0.467. The van der Waals surface area contributed by atoms with Crippen molar-refractivity contribution in [1.82, 2.24) is 9.80 Å². The van der Waals surface area contributed by atoms with Gasteiger partial charge < -0.3 is 9.64 Å². The highest BCUT2D eigenvalue weighted by Crippen LogP contribution is 2.18. The summed E-state index contributed by atoms with van der Waals surface area (Å²) >= 11 is 0. The highest BCUT2D eigenvalue weighted by atomic mass is 16.5. The molecule has 0 aromatic heterocycles. The van der Waals surface area contributed by atoms with Crippen molar-refractivity contribution >= 4 is 5.91 Å². The zero-order chi connectivity index (χ0) is 15.0. The second-order valence-corrected chi connectivity index (χ2v) is 4.71. The van der Waals surface area contributed by atoms with Crippen LogP contribution in [0.4, 0.5) is 0 Å². The summed E-state index contributed by atoms with van der Waals surface area (Å²) in [6, 6.07) is 9.80. The molecule has 0 aliphatic carbocycles. The van der Waals surface area contributed by atoms with Crippen molar-refractivity contribution < 1.29 is 9.53 Å². The third kappa shape index (κ3) is 4.90. The van der Waals surface area contributed by atoms with E-state index in [1.807, 2.05) is 42.3 Å². The minimum absolute atomic E-state index is 0.0117. The average molecular weight is 275 g/mol. The van der Waals surface area contributed by atoms with Gasteiger partial charge in [0, 0.05) is 25.7 Å². The van der Waals surface area contributed by atoms with Crippen LogP contribution in [-0.4, -0.2) is 50.0 Å². The largest absolute Gasteiger partial charge is 0.496 e. The Bertz CT molecular complexity index is 482. The summed E-state index contributed by atoms with van der Waals surface area (Å²) in [7, 11) is 5.25. The number of nitriles is 1. The monoisotopic (exact) mass is 275 g/mol. The van der Waals surface area contributed by atoms with Crippen molar-refractivity contribution in [2.24, 2.45) is 0 Å². The number of rotatable bonds is 7. The van der Waals surface area contributed by atoms with Gasteiger partial charge in [0.1, 0.15) is 5.75 Å². The number of likely N-dealkylation sites (N-methyl/N-ethyl adjacent to an activating group) is 2. The Morgan fingerprint density at radius 2 is 2.05 bits per heavy atom. The third-order valence-corrected chi connectivity index (χ3v) is 3.02. The van der Waals surface area contributed by atoms with E-state index in [2.05, 4.69) is 0 Å². The average Bonchev–Trinajstić information content (AvgIpc) is 2.45. The number of methoxy groups -OCH3 is 1. The maximum atomic E-state index is 11.9. The maximum Gasteiger partial charge on any atom is 0.236 e. The Morgan fingerprint density at radius 3 is 2.70 bits per heavy atom. The molecule has 0 spiro atoms. The molecular formula is C15H21N3O2. The van der Waals surface area contributed by atoms with Gasteiger partial charge in [-0.25, -0.2) is 0 Å². The van der Waals surface area contributed by atoms with E-state index in [1.165, 1.54) is 0 Å². The van der Waals surface area contributed by atoms with Crippen molar-refractivity contribution in [3.63, 3.8) is 0 Å². The number of ether oxygens (including phenoxy) is 1. The van der Waals surface area contributed by atoms with E-state index in [1.54, 1.807) is 19.1 Å². The van der Waals surface area contributed by atoms with E-state index in [4.69, 9.17) is 10.00 Å². The number of amides is 1. The van der Waals surface area contributed by atoms with Gasteiger partial charge in [0.2, 0.25) is 5.91 Å². The molecule has 0 aliphatic rings. The van der Waals surface area contributed by atoms with Gasteiger partial charge >= 0.3 is 0 Å². The van der Waals surface area contributed by atoms with E-state index in [0.29, 0.717) is 26.1 Å². The van der Waals surface area contributed by atoms with Gasteiger partial charge in [0.25, 0.3) is 0 Å². The van der Waals surface area contributed by atoms with Crippen molar-refractivity contribution in [3.05, 3.63) is 29.8 Å². The molecule has 5 heteroatoms. The van der Waals surface area contributed by atoms with Crippen LogP contribution in [-0.2, 0) is 11.3 Å². The molecule has 0 bridgehead atoms. The molecule has 0 saturated heterocycles. The Hall–Kier alpha value is -2.06. The first-order chi connectivity index (χ1) is 9.58. The van der Waals surface area contributed by atoms with E-state index >= 15 is 0 Å². The molecule has 0 aliphatic heterocycles. The summed E-state index contributed by atoms with van der Waals surface area (Å²) in [5.74, 6) is 0.835. The molecule has 0 unspecified atom stereocenters. The molecule has 0 atom stereocenters. The molecule has 0 saturated carbocycles. The van der Waals surface area contributed by atoms with Gasteiger partial charge in [-0.2, -0.15) is 5.26 Å². The molecule has 1 aromatic carbocycles. The predicted molar refractivity (Wildman–Crippen MR) is 77.2 cm³/mol. The lowest BCUT2D eigenvalue weighted by atomic mass is 10.2. The van der Waals surface area contributed by atoms with Crippen LogP contribution < -0.4 is 4.74 Å². The molecule has 1 amide bonds. The number of hydrogen-bond acceptors (Lipinski definition) is 4. The third-order valence-electron chi connectivity index (χ3n) is 3.02. The van der Waals surface area contributed by atoms with Crippen LogP contribution in [0.2, 0.25) is 0 Å². The summed E-state index contributed by atoms with van der Waals surface area (Å²) in [6.07, 6.45) is 0.360. The second kappa shape index (κ2) is 8.18. The minimum atomic E-state index is 0.0117. The molecule has 108 valence electrons. The SMILES string of the molecule is COc1ccccc1CN(C)CC(=O)N(C)CCC#N. The number of nitrogens with zero attached hydrogens (tertiary/aromatic N) is 3. The minimum Gasteiger partial charge on any atom is -0.496 e. The molecule has 0 fully saturated rings. The highest BCUT2D eigenvalue weighted by molar-refractivity contribution is 5.77. The van der Waals surface area contributed by atoms with Crippen LogP contribution in [0.3, 0.4) is 0 Å². The first-order valence-corrected chi connectivity index (χ1v) is 6.49. The lowest BCUT2D eigenvalue weighted by molar-refractivity contribution is -0.130. The quantitative estimate of drug-likeness (QED) is 0.756. The number of para-hydroxylation sites is 1. The van der Waals surface area contributed by atoms with E-state index in [0.717, 1.165) is 11.3 Å². The lowest BCUT2D eigenvalue weighted by Gasteiger charge is -2.21. The molecule has 5 nitrogen and oxygen atoms in total. The molecule has 1 aromatic rings. The first-order valence-electron chi connectivity index (χ1n) is 6.49. The summed E-state index contributed by atoms with van der Waals surface area (Å²) in [5, 5.41) is 8.52. The van der Waals surface area contributed by atoms with Crippen LogP contribution in [0.5, 0.6) is 5.75 Å². The number of carbonyl (C=O) groups is 1. The summed E-state index contributed by atoms with van der Waals surface area (Å²) in [4.78, 5) is 15.5. The van der Waals surface area contributed by atoms with Gasteiger partial charge in [-0.1, -0.05) is 18.2 Å². The van der Waals surface area contributed by atoms with Gasteiger partial charge in [0.15, 0.2) is 0 Å². The second-order valence-electron chi connectivity index (χ2n) is 4.71. The summed E-state index contributed by atoms with van der Waals surface area (Å²) in [6.45, 7) is 1.43. The molecule has 0 radical (unpaired) electrons. The molecule has 0 heterocycles. The summed E-state index contributed by atoms with van der Waals surface area (Å²) in [5.41, 5.74) is 1.05. The van der Waals surface area contributed by atoms with E-state index in [9.17, 15) is 4.79 Å². The Labute approximate surface area is 120 Å². The number of hydrogen-bond donors (Lipinski definition) is 0. The predicted octanol–water partition coefficient (Wildman–Crippen LogP) is 1.50. The lowest BCUT2D eigenvalue weighted by Crippen LogP contribution is -2.36. The van der Waals surface area contributed by atoms with E-state index < -0.39 is 0 Å². The number of carbonyl (C=O) groups excluding carboxylic acids is 1. The van der Waals surface area contributed by atoms with Crippen molar-refractivity contribution in [2.45, 2.75) is 13.0 Å². The van der Waals surface area contributed by atoms with Crippen LogP contribution >= 0.6 is 0 Å². The number of benzene rings is 1. The highest BCUT2D eigenvalue weighted by Gasteiger charge is 2.13. The normalized spacial score (nSPS) is 10.2. The van der Waals surface area contributed by atoms with Crippen LogP contribution in [0.15, 0.2) is 24.3 Å². The Kier molecular flexibility index (Phi) is 6.54. The van der Waals surface area contributed by atoms with Gasteiger partial charge in [-0.15, -0.1) is 0 Å². The fourth-order valence-corrected chi connectivity index (χ4v) is 1.87. The molecule has 0 N–H and O–H groups in total. The van der Waals surface area contributed by atoms with Crippen molar-refractivity contribution in [1.29, 1.82) is 5.26 Å². The summed E-state index contributed by atoms with van der Waals surface area (Å²) < 4.78 is 5.29. The zero-order valence-electron chi connectivity index (χ0n) is 12.3. The van der Waals surface area contributed by atoms with Gasteiger partial charge in [-0.05, 0) is 13.1 Å². The first kappa shape index (κ1) is 16.0. The smallest absolute Gasteiger partial charge is 0.236 e. The standard InChI is InChI=1S/C15H21N3O2/c1-17(12-15(19)18(2)10-6-9-16)11-13-7-4-5-8-14(13)20-3/h4-5,7-8H,6,10-12H2,1-3H3.